The second kappa shape index (κ2) is 5.88. The molecule has 2 radical (unpaired) electrons. The summed E-state index contributed by atoms with van der Waals surface area (Å²) in [6.45, 7) is 4.97. The van der Waals surface area contributed by atoms with Gasteiger partial charge < -0.3 is 4.90 Å². The fraction of sp³-hybridized carbons (Fsp3) is 0.0526. The lowest BCUT2D eigenvalue weighted by atomic mass is 9.91. The van der Waals surface area contributed by atoms with Crippen molar-refractivity contribution in [2.24, 2.45) is 0 Å². The van der Waals surface area contributed by atoms with Crippen molar-refractivity contribution in [1.82, 2.24) is 0 Å². The zero-order valence-electron chi connectivity index (χ0n) is 11.9. The van der Waals surface area contributed by atoms with Gasteiger partial charge in [-0.15, -0.1) is 0 Å². The maximum Gasteiger partial charge on any atom is 0.113 e. The molecule has 1 heterocycles. The van der Waals surface area contributed by atoms with Crippen molar-refractivity contribution in [3.05, 3.63) is 85.0 Å². The topological polar surface area (TPSA) is 3.24 Å². The van der Waals surface area contributed by atoms with E-state index in [4.69, 9.17) is 7.85 Å². The molecular weight excluding hydrogens is 253 g/mol. The maximum atomic E-state index is 5.96. The Hall–Kier alpha value is -2.48. The Morgan fingerprint density at radius 2 is 1.81 bits per heavy atom. The van der Waals surface area contributed by atoms with Crippen LogP contribution in [0.5, 0.6) is 0 Å². The number of benzene rings is 2. The molecule has 21 heavy (non-hydrogen) atoms. The molecule has 0 saturated heterocycles. The molecular formula is C19H16BN. The van der Waals surface area contributed by atoms with Gasteiger partial charge >= 0.3 is 0 Å². The van der Waals surface area contributed by atoms with Crippen molar-refractivity contribution < 1.29 is 0 Å². The van der Waals surface area contributed by atoms with Gasteiger partial charge in [-0.1, -0.05) is 66.7 Å². The van der Waals surface area contributed by atoms with E-state index in [1.165, 1.54) is 0 Å². The van der Waals surface area contributed by atoms with E-state index < -0.39 is 0 Å². The molecule has 0 unspecified atom stereocenters. The summed E-state index contributed by atoms with van der Waals surface area (Å²) in [5, 5.41) is 0. The number of hydrogen-bond acceptors (Lipinski definition) is 1. The number of para-hydroxylation sites is 1. The van der Waals surface area contributed by atoms with E-state index in [9.17, 15) is 0 Å². The van der Waals surface area contributed by atoms with Gasteiger partial charge in [-0.2, -0.15) is 0 Å². The largest absolute Gasteiger partial charge is 0.337 e. The van der Waals surface area contributed by atoms with Crippen LogP contribution in [0, 0.1) is 0 Å². The lowest BCUT2D eigenvalue weighted by Crippen LogP contribution is -2.19. The third kappa shape index (κ3) is 2.85. The summed E-state index contributed by atoms with van der Waals surface area (Å²) >= 11 is 0. The molecule has 2 aromatic carbocycles. The summed E-state index contributed by atoms with van der Waals surface area (Å²) in [4.78, 5) is 2.27. The molecule has 3 rings (SSSR count). The predicted molar refractivity (Wildman–Crippen MR) is 92.6 cm³/mol. The zero-order valence-corrected chi connectivity index (χ0v) is 11.9. The van der Waals surface area contributed by atoms with Crippen LogP contribution < -0.4 is 10.4 Å². The Balaban J connectivity index is 2.17. The van der Waals surface area contributed by atoms with Gasteiger partial charge in [-0.3, -0.25) is 0 Å². The van der Waals surface area contributed by atoms with Crippen LogP contribution in [0.3, 0.4) is 0 Å². The second-order valence-electron chi connectivity index (χ2n) is 5.04. The average Bonchev–Trinajstić information content (AvgIpc) is 2.58. The first-order valence-electron chi connectivity index (χ1n) is 7.00. The molecule has 0 bridgehead atoms. The van der Waals surface area contributed by atoms with Crippen LogP contribution in [0.1, 0.15) is 5.56 Å². The zero-order chi connectivity index (χ0) is 14.7. The van der Waals surface area contributed by atoms with Gasteiger partial charge in [0.2, 0.25) is 0 Å². The summed E-state index contributed by atoms with van der Waals surface area (Å²) in [5.41, 5.74) is 5.06. The van der Waals surface area contributed by atoms with Gasteiger partial charge in [0, 0.05) is 23.5 Å². The van der Waals surface area contributed by atoms with Gasteiger partial charge in [0.15, 0.2) is 0 Å². The van der Waals surface area contributed by atoms with Gasteiger partial charge in [0.1, 0.15) is 7.85 Å². The van der Waals surface area contributed by atoms with Crippen LogP contribution >= 0.6 is 0 Å². The second-order valence-corrected chi connectivity index (χ2v) is 5.04. The molecule has 1 aliphatic rings. The fourth-order valence-corrected chi connectivity index (χ4v) is 2.50. The van der Waals surface area contributed by atoms with E-state index in [1.54, 1.807) is 0 Å². The molecule has 0 atom stereocenters. The van der Waals surface area contributed by atoms with Crippen LogP contribution in [-0.4, -0.2) is 14.4 Å². The highest BCUT2D eigenvalue weighted by Gasteiger charge is 2.14. The predicted octanol–water partition coefficient (Wildman–Crippen LogP) is 3.76. The summed E-state index contributed by atoms with van der Waals surface area (Å²) in [6.07, 6.45) is 8.23. The minimum atomic E-state index is 0.753. The van der Waals surface area contributed by atoms with Crippen molar-refractivity contribution in [1.29, 1.82) is 0 Å². The first-order valence-corrected chi connectivity index (χ1v) is 7.00. The van der Waals surface area contributed by atoms with Crippen molar-refractivity contribution in [3.63, 3.8) is 0 Å². The number of allylic oxidation sites excluding steroid dienone is 4. The highest BCUT2D eigenvalue weighted by atomic mass is 15.1. The normalized spacial score (nSPS) is 17.3. The molecule has 0 N–H and O–H groups in total. The molecule has 0 spiro atoms. The Morgan fingerprint density at radius 1 is 1.00 bits per heavy atom. The summed E-state index contributed by atoms with van der Waals surface area (Å²) in [7, 11) is 5.96. The summed E-state index contributed by atoms with van der Waals surface area (Å²) in [5.74, 6) is 0. The fourth-order valence-electron chi connectivity index (χ4n) is 2.50. The lowest BCUT2D eigenvalue weighted by molar-refractivity contribution is 1.09. The van der Waals surface area contributed by atoms with Gasteiger partial charge in [0.05, 0.1) is 0 Å². The number of rotatable bonds is 1. The monoisotopic (exact) mass is 269 g/mol. The molecule has 0 aromatic heterocycles. The third-order valence-corrected chi connectivity index (χ3v) is 3.56. The number of hydrogen-bond donors (Lipinski definition) is 0. The highest BCUT2D eigenvalue weighted by molar-refractivity contribution is 6.32. The maximum absolute atomic E-state index is 5.96. The highest BCUT2D eigenvalue weighted by Crippen LogP contribution is 2.32. The third-order valence-electron chi connectivity index (χ3n) is 3.56. The number of nitrogens with zero attached hydrogens (tertiary/aromatic N) is 1. The summed E-state index contributed by atoms with van der Waals surface area (Å²) < 4.78 is 0. The number of fused-ring (bicyclic) bond motifs is 1. The van der Waals surface area contributed by atoms with Gasteiger partial charge in [0.25, 0.3) is 0 Å². The van der Waals surface area contributed by atoms with E-state index in [1.807, 2.05) is 30.4 Å². The average molecular weight is 269 g/mol. The summed E-state index contributed by atoms with van der Waals surface area (Å²) in [6, 6.07) is 16.3. The van der Waals surface area contributed by atoms with Crippen molar-refractivity contribution >= 4 is 30.3 Å². The minimum absolute atomic E-state index is 0.753. The van der Waals surface area contributed by atoms with Crippen molar-refractivity contribution in [2.45, 2.75) is 0 Å². The van der Waals surface area contributed by atoms with Gasteiger partial charge in [-0.25, -0.2) is 0 Å². The molecule has 2 aromatic rings. The molecule has 1 nitrogen and oxygen atoms in total. The molecule has 100 valence electrons. The van der Waals surface area contributed by atoms with Crippen LogP contribution in [0.25, 0.3) is 5.57 Å². The molecule has 2 heteroatoms. The van der Waals surface area contributed by atoms with Crippen LogP contribution in [0.15, 0.2) is 79.4 Å². The van der Waals surface area contributed by atoms with Crippen LogP contribution in [-0.2, 0) is 0 Å². The molecule has 1 aliphatic heterocycles. The van der Waals surface area contributed by atoms with E-state index in [0.29, 0.717) is 0 Å². The standard InChI is InChI=1S/C19H16BN/c1-15-8-4-3-7-13-21(17-9-5-2-6-10-17)19-12-11-16(20)14-18(15)19/h2-12,14H,1,13H2/b7-3-,8-4-. The first-order chi connectivity index (χ1) is 10.3. The van der Waals surface area contributed by atoms with E-state index in [0.717, 1.165) is 34.5 Å². The smallest absolute Gasteiger partial charge is 0.113 e. The lowest BCUT2D eigenvalue weighted by Gasteiger charge is -2.26. The van der Waals surface area contributed by atoms with E-state index >= 15 is 0 Å². The van der Waals surface area contributed by atoms with Crippen molar-refractivity contribution in [2.75, 3.05) is 11.4 Å². The van der Waals surface area contributed by atoms with E-state index in [2.05, 4.69) is 54.0 Å². The Labute approximate surface area is 127 Å². The SMILES string of the molecule is [B]c1ccc2c(c1)C(=C)/C=C\C=C/CN2c1ccccc1. The quantitative estimate of drug-likeness (QED) is 0.712. The van der Waals surface area contributed by atoms with Gasteiger partial charge in [-0.05, 0) is 23.8 Å². The Kier molecular flexibility index (Phi) is 3.78. The minimum Gasteiger partial charge on any atom is -0.337 e. The molecule has 0 aliphatic carbocycles. The first kappa shape index (κ1) is 13.5. The Bertz CT molecular complexity index is 714. The molecule has 0 fully saturated rings. The van der Waals surface area contributed by atoms with Crippen molar-refractivity contribution in [3.8, 4) is 0 Å². The Morgan fingerprint density at radius 3 is 2.62 bits per heavy atom. The molecule has 0 saturated carbocycles. The molecule has 0 amide bonds. The number of anilines is 2. The van der Waals surface area contributed by atoms with Crippen LogP contribution in [0.2, 0.25) is 0 Å². The van der Waals surface area contributed by atoms with E-state index in [-0.39, 0.29) is 0 Å². The van der Waals surface area contributed by atoms with Crippen LogP contribution in [0.4, 0.5) is 11.4 Å².